The van der Waals surface area contributed by atoms with Crippen LogP contribution in [0.4, 0.5) is 5.95 Å². The number of hydrogen-bond donors (Lipinski definition) is 1. The number of anilines is 1. The van der Waals surface area contributed by atoms with E-state index < -0.39 is 0 Å². The van der Waals surface area contributed by atoms with E-state index in [0.717, 1.165) is 29.9 Å². The van der Waals surface area contributed by atoms with E-state index >= 15 is 0 Å². The van der Waals surface area contributed by atoms with Gasteiger partial charge in [0.2, 0.25) is 5.95 Å². The summed E-state index contributed by atoms with van der Waals surface area (Å²) in [6, 6.07) is 14.1. The maximum Gasteiger partial charge on any atom is 0.223 e. The molecule has 1 atom stereocenters. The first kappa shape index (κ1) is 17.0. The zero-order valence-corrected chi connectivity index (χ0v) is 15.1. The van der Waals surface area contributed by atoms with Crippen molar-refractivity contribution < 1.29 is 0 Å². The highest BCUT2D eigenvalue weighted by Gasteiger charge is 2.09. The van der Waals surface area contributed by atoms with Crippen LogP contribution in [0.15, 0.2) is 73.4 Å². The average molecular weight is 359 g/mol. The van der Waals surface area contributed by atoms with Crippen LogP contribution in [-0.4, -0.2) is 35.6 Å². The van der Waals surface area contributed by atoms with E-state index in [2.05, 4.69) is 32.4 Å². The van der Waals surface area contributed by atoms with Crippen molar-refractivity contribution in [2.75, 3.05) is 5.32 Å². The lowest BCUT2D eigenvalue weighted by atomic mass is 10.2. The van der Waals surface area contributed by atoms with Gasteiger partial charge in [-0.2, -0.15) is 10.2 Å². The van der Waals surface area contributed by atoms with Gasteiger partial charge < -0.3 is 5.32 Å². The maximum atomic E-state index is 4.64. The third-order valence-electron chi connectivity index (χ3n) is 4.28. The molecule has 3 heterocycles. The molecule has 7 nitrogen and oxygen atoms in total. The lowest BCUT2D eigenvalue weighted by Gasteiger charge is -2.14. The Labute approximate surface area is 157 Å². The molecule has 0 aliphatic rings. The van der Waals surface area contributed by atoms with Crippen LogP contribution < -0.4 is 5.32 Å². The second kappa shape index (κ2) is 7.82. The molecule has 7 heteroatoms. The number of hydrogen-bond acceptors (Lipinski definition) is 5. The molecule has 3 aromatic heterocycles. The fourth-order valence-corrected chi connectivity index (χ4v) is 2.82. The zero-order chi connectivity index (χ0) is 18.5. The van der Waals surface area contributed by atoms with Crippen LogP contribution in [0.25, 0.3) is 16.9 Å². The summed E-state index contributed by atoms with van der Waals surface area (Å²) in [6.45, 7) is 2.97. The quantitative estimate of drug-likeness (QED) is 0.547. The van der Waals surface area contributed by atoms with E-state index in [0.29, 0.717) is 5.95 Å². The summed E-state index contributed by atoms with van der Waals surface area (Å²) >= 11 is 0. The third-order valence-corrected chi connectivity index (χ3v) is 4.28. The molecular formula is C20H21N7. The van der Waals surface area contributed by atoms with Crippen LogP contribution in [0.3, 0.4) is 0 Å². The minimum Gasteiger partial charge on any atom is -0.352 e. The number of para-hydroxylation sites is 1. The van der Waals surface area contributed by atoms with Crippen molar-refractivity contribution in [3.63, 3.8) is 0 Å². The number of aryl methyl sites for hydroxylation is 1. The van der Waals surface area contributed by atoms with Crippen LogP contribution in [0.2, 0.25) is 0 Å². The monoisotopic (exact) mass is 359 g/mol. The maximum absolute atomic E-state index is 4.64. The van der Waals surface area contributed by atoms with Gasteiger partial charge in [-0.25, -0.2) is 14.6 Å². The van der Waals surface area contributed by atoms with E-state index in [9.17, 15) is 0 Å². The van der Waals surface area contributed by atoms with Gasteiger partial charge in [0.1, 0.15) is 0 Å². The van der Waals surface area contributed by atoms with Gasteiger partial charge in [-0.05, 0) is 37.6 Å². The van der Waals surface area contributed by atoms with Gasteiger partial charge >= 0.3 is 0 Å². The number of rotatable bonds is 7. The first-order valence-corrected chi connectivity index (χ1v) is 8.95. The molecule has 0 saturated carbocycles. The van der Waals surface area contributed by atoms with Crippen LogP contribution >= 0.6 is 0 Å². The zero-order valence-electron chi connectivity index (χ0n) is 15.1. The van der Waals surface area contributed by atoms with E-state index in [1.807, 2.05) is 70.4 Å². The highest BCUT2D eigenvalue weighted by Crippen LogP contribution is 2.19. The van der Waals surface area contributed by atoms with Crippen LogP contribution in [0.1, 0.15) is 13.3 Å². The summed E-state index contributed by atoms with van der Waals surface area (Å²) in [7, 11) is 0. The van der Waals surface area contributed by atoms with Gasteiger partial charge in [0.25, 0.3) is 0 Å². The molecular weight excluding hydrogens is 338 g/mol. The third kappa shape index (κ3) is 4.20. The second-order valence-corrected chi connectivity index (χ2v) is 6.38. The Morgan fingerprint density at radius 3 is 2.74 bits per heavy atom. The first-order valence-electron chi connectivity index (χ1n) is 8.95. The predicted octanol–water partition coefficient (Wildman–Crippen LogP) is 3.42. The number of aromatic nitrogens is 6. The predicted molar refractivity (Wildman–Crippen MR) is 105 cm³/mol. The van der Waals surface area contributed by atoms with Crippen molar-refractivity contribution in [2.24, 2.45) is 0 Å². The van der Waals surface area contributed by atoms with Crippen molar-refractivity contribution in [1.29, 1.82) is 0 Å². The summed E-state index contributed by atoms with van der Waals surface area (Å²) in [5, 5.41) is 12.0. The second-order valence-electron chi connectivity index (χ2n) is 6.38. The molecule has 0 amide bonds. The topological polar surface area (TPSA) is 73.5 Å². The van der Waals surface area contributed by atoms with Crippen molar-refractivity contribution >= 4 is 5.95 Å². The Morgan fingerprint density at radius 2 is 1.93 bits per heavy atom. The SMILES string of the molecule is C[C@H](CCn1cccn1)Nc1nccc(-c2cnn(-c3ccccc3)c2)n1. The molecule has 0 radical (unpaired) electrons. The fraction of sp³-hybridized carbons (Fsp3) is 0.200. The first-order chi connectivity index (χ1) is 13.3. The molecule has 0 fully saturated rings. The molecule has 0 saturated heterocycles. The summed E-state index contributed by atoms with van der Waals surface area (Å²) in [6.07, 6.45) is 10.3. The fourth-order valence-electron chi connectivity index (χ4n) is 2.82. The smallest absolute Gasteiger partial charge is 0.223 e. The molecule has 0 spiro atoms. The lowest BCUT2D eigenvalue weighted by Crippen LogP contribution is -2.19. The van der Waals surface area contributed by atoms with Gasteiger partial charge in [-0.15, -0.1) is 0 Å². The van der Waals surface area contributed by atoms with E-state index in [1.165, 1.54) is 0 Å². The number of nitrogens with one attached hydrogen (secondary N) is 1. The lowest BCUT2D eigenvalue weighted by molar-refractivity contribution is 0.544. The van der Waals surface area contributed by atoms with Crippen molar-refractivity contribution in [3.05, 3.63) is 73.4 Å². The van der Waals surface area contributed by atoms with Crippen LogP contribution in [0, 0.1) is 0 Å². The molecule has 1 N–H and O–H groups in total. The van der Waals surface area contributed by atoms with Crippen LogP contribution in [0.5, 0.6) is 0 Å². The Morgan fingerprint density at radius 1 is 1.04 bits per heavy atom. The molecule has 4 rings (SSSR count). The molecule has 1 aromatic carbocycles. The Kier molecular flexibility index (Phi) is 4.91. The Bertz CT molecular complexity index is 977. The molecule has 136 valence electrons. The van der Waals surface area contributed by atoms with Crippen molar-refractivity contribution in [1.82, 2.24) is 29.5 Å². The molecule has 4 aromatic rings. The van der Waals surface area contributed by atoms with Gasteiger partial charge in [0.15, 0.2) is 0 Å². The van der Waals surface area contributed by atoms with Gasteiger partial charge in [-0.1, -0.05) is 18.2 Å². The molecule has 0 aliphatic heterocycles. The molecule has 0 bridgehead atoms. The largest absolute Gasteiger partial charge is 0.352 e. The number of nitrogens with zero attached hydrogens (tertiary/aromatic N) is 6. The Hall–Kier alpha value is -3.48. The van der Waals surface area contributed by atoms with E-state index in [4.69, 9.17) is 0 Å². The van der Waals surface area contributed by atoms with E-state index in [1.54, 1.807) is 12.4 Å². The molecule has 0 aliphatic carbocycles. The van der Waals surface area contributed by atoms with Gasteiger partial charge in [-0.3, -0.25) is 4.68 Å². The minimum atomic E-state index is 0.233. The minimum absolute atomic E-state index is 0.233. The van der Waals surface area contributed by atoms with Crippen LogP contribution in [-0.2, 0) is 6.54 Å². The summed E-state index contributed by atoms with van der Waals surface area (Å²) < 4.78 is 3.77. The van der Waals surface area contributed by atoms with E-state index in [-0.39, 0.29) is 6.04 Å². The highest BCUT2D eigenvalue weighted by atomic mass is 15.3. The Balaban J connectivity index is 1.44. The average Bonchev–Trinajstić information content (AvgIpc) is 3.39. The highest BCUT2D eigenvalue weighted by molar-refractivity contribution is 5.58. The summed E-state index contributed by atoms with van der Waals surface area (Å²) in [5.74, 6) is 0.618. The standard InChI is InChI=1S/C20H21N7/c1-16(9-13-26-12-5-10-22-26)24-20-21-11-8-19(25-20)17-14-23-27(15-17)18-6-3-2-4-7-18/h2-8,10-12,14-16H,9,13H2,1H3,(H,21,24,25)/t16-/m1/s1. The molecule has 27 heavy (non-hydrogen) atoms. The number of benzene rings is 1. The van der Waals surface area contributed by atoms with Crippen molar-refractivity contribution in [2.45, 2.75) is 25.9 Å². The van der Waals surface area contributed by atoms with Gasteiger partial charge in [0.05, 0.1) is 17.6 Å². The van der Waals surface area contributed by atoms with Crippen molar-refractivity contribution in [3.8, 4) is 16.9 Å². The molecule has 0 unspecified atom stereocenters. The normalized spacial score (nSPS) is 12.0. The summed E-state index contributed by atoms with van der Waals surface area (Å²) in [4.78, 5) is 8.98. The van der Waals surface area contributed by atoms with Gasteiger partial charge in [0, 0.05) is 42.9 Å². The summed E-state index contributed by atoms with van der Waals surface area (Å²) in [5.41, 5.74) is 2.81.